The fraction of sp³-hybridized carbons (Fsp3) is 0. The van der Waals surface area contributed by atoms with E-state index in [0.29, 0.717) is 0 Å². The number of hydrogen-bond acceptors (Lipinski definition) is 0. The van der Waals surface area contributed by atoms with E-state index in [0.717, 1.165) is 37.8 Å². The molecule has 0 atom stereocenters. The second-order valence-corrected chi connectivity index (χ2v) is 42.1. The van der Waals surface area contributed by atoms with E-state index < -0.39 is 0 Å². The molecule has 6 heteroatoms. The monoisotopic (exact) mass is 151 g/mol. The second kappa shape index (κ2) is 0.445. The molecule has 5 aliphatic heterocycles. The van der Waals surface area contributed by atoms with Crippen LogP contribution in [0.1, 0.15) is 0 Å². The maximum absolute atomic E-state index is 1.73. The summed E-state index contributed by atoms with van der Waals surface area (Å²) in [6.45, 7) is 0. The fourth-order valence-electron chi connectivity index (χ4n) is 1.90. The lowest BCUT2D eigenvalue weighted by Gasteiger charge is -2.02. The lowest BCUT2D eigenvalue weighted by molar-refractivity contribution is 3.75. The molecule has 0 saturated carbocycles. The molecule has 0 aromatic rings. The molecule has 6 heavy (non-hydrogen) atoms. The van der Waals surface area contributed by atoms with Gasteiger partial charge < -0.3 is 0 Å². The largest absolute Gasteiger partial charge is 0.0963 e. The Labute approximate surface area is 43.6 Å². The van der Waals surface area contributed by atoms with Crippen LogP contribution in [0.25, 0.3) is 0 Å². The predicted octanol–water partition coefficient (Wildman–Crippen LogP) is -2.28. The molecule has 0 aliphatic carbocycles. The van der Waals surface area contributed by atoms with Gasteiger partial charge in [-0.1, -0.05) is 0 Å². The molecule has 0 N–H and O–H groups in total. The Bertz CT molecular complexity index is 79.0. The highest BCUT2D eigenvalue weighted by Gasteiger charge is 3.00. The zero-order valence-corrected chi connectivity index (χ0v) is 8.08. The molecule has 5 rings (SSSR count). The van der Waals surface area contributed by atoms with Gasteiger partial charge in [0.25, 0.3) is 0 Å². The first-order valence-corrected chi connectivity index (χ1v) is 16.1. The van der Waals surface area contributed by atoms with Gasteiger partial charge in [-0.2, -0.15) is 0 Å². The Morgan fingerprint density at radius 1 is 0.833 bits per heavy atom. The van der Waals surface area contributed by atoms with Crippen LogP contribution >= 0.6 is 0 Å². The van der Waals surface area contributed by atoms with Crippen molar-refractivity contribution < 1.29 is 0 Å². The first-order valence-electron chi connectivity index (χ1n) is 2.37. The fourth-order valence-corrected chi connectivity index (χ4v) is 189. The third kappa shape index (κ3) is 0.0807. The van der Waals surface area contributed by atoms with Crippen LogP contribution in [0.15, 0.2) is 0 Å². The van der Waals surface area contributed by atoms with E-state index >= 15 is 0 Å². The first kappa shape index (κ1) is 2.62. The molecule has 0 aromatic carbocycles. The average Bonchev–Trinajstić information content (AvgIpc) is 1.64. The molecule has 5 aliphatic rings. The van der Waals surface area contributed by atoms with Gasteiger partial charge >= 0.3 is 0 Å². The highest BCUT2D eigenvalue weighted by molar-refractivity contribution is 8.76. The molecule has 5 radical (unpaired) electrons. The Balaban J connectivity index is 2.31. The van der Waals surface area contributed by atoms with Crippen molar-refractivity contribution in [1.29, 1.82) is 0 Å². The van der Waals surface area contributed by atoms with Crippen LogP contribution in [-0.4, -0.2) is 43.3 Å². The van der Waals surface area contributed by atoms with E-state index in [-0.39, 0.29) is 0 Å². The highest BCUT2D eigenvalue weighted by atomic mass is 30.6. The molecule has 0 amide bonds. The van der Waals surface area contributed by atoms with Crippen molar-refractivity contribution in [1.82, 2.24) is 0 Å². The zero-order chi connectivity index (χ0) is 3.46. The Morgan fingerprint density at radius 2 is 1.50 bits per heavy atom. The Kier molecular flexibility index (Phi) is 0.195. The maximum Gasteiger partial charge on any atom is 0.0963 e. The second-order valence-electron chi connectivity index (χ2n) is 2.42. The summed E-state index contributed by atoms with van der Waals surface area (Å²) in [5, 5.41) is 0. The zero-order valence-electron chi connectivity index (χ0n) is 3.08. The molecule has 0 spiro atoms. The summed E-state index contributed by atoms with van der Waals surface area (Å²) in [7, 11) is 4.23. The standard InChI is InChI=1S/BSi5/c1-2-3(1)6-4(1)5(2)6. The predicted molar refractivity (Wildman–Crippen MR) is 34.5 cm³/mol. The van der Waals surface area contributed by atoms with Gasteiger partial charge in [-0.15, -0.1) is 0 Å². The average molecular weight is 151 g/mol. The summed E-state index contributed by atoms with van der Waals surface area (Å²) in [5.74, 6) is 0. The minimum absolute atomic E-state index is 0.824. The molecule has 0 unspecified atom stereocenters. The summed E-state index contributed by atoms with van der Waals surface area (Å²) in [4.78, 5) is 0. The van der Waals surface area contributed by atoms with Crippen LogP contribution in [0.3, 0.4) is 0 Å². The lowest BCUT2D eigenvalue weighted by Crippen LogP contribution is -2.38. The van der Waals surface area contributed by atoms with Crippen molar-refractivity contribution in [2.24, 2.45) is 0 Å². The molecule has 0 nitrogen and oxygen atoms in total. The summed E-state index contributed by atoms with van der Waals surface area (Å²) >= 11 is 0. The summed E-state index contributed by atoms with van der Waals surface area (Å²) in [6.07, 6.45) is 0. The third-order valence-electron chi connectivity index (χ3n) is 2.34. The van der Waals surface area contributed by atoms with Crippen molar-refractivity contribution in [3.8, 4) is 0 Å². The van der Waals surface area contributed by atoms with Gasteiger partial charge in [0.1, 0.15) is 0 Å². The van der Waals surface area contributed by atoms with Crippen molar-refractivity contribution in [3.05, 3.63) is 0 Å². The van der Waals surface area contributed by atoms with Crippen LogP contribution in [0.2, 0.25) is 0 Å². The summed E-state index contributed by atoms with van der Waals surface area (Å²) < 4.78 is 0. The van der Waals surface area contributed by atoms with Crippen LogP contribution in [0, 0.1) is 0 Å². The highest BCUT2D eigenvalue weighted by Crippen LogP contribution is 2.62. The van der Waals surface area contributed by atoms with E-state index in [4.69, 9.17) is 0 Å². The van der Waals surface area contributed by atoms with Crippen molar-refractivity contribution in [2.75, 3.05) is 0 Å². The van der Waals surface area contributed by atoms with Gasteiger partial charge in [-0.05, 0) is 37.8 Å². The lowest BCUT2D eigenvalue weighted by atomic mass is 10.6. The molecular weight excluding hydrogens is 151 g/mol. The third-order valence-corrected chi connectivity index (χ3v) is 94.3. The van der Waals surface area contributed by atoms with Gasteiger partial charge in [0.05, 0.1) is 5.49 Å². The van der Waals surface area contributed by atoms with E-state index in [1.807, 2.05) is 0 Å². The summed E-state index contributed by atoms with van der Waals surface area (Å²) in [6, 6.07) is 0. The molecule has 0 aromatic heterocycles. The van der Waals surface area contributed by atoms with E-state index in [2.05, 4.69) is 0 Å². The smallest absolute Gasteiger partial charge is 0.0264 e. The molecule has 5 heterocycles. The number of hydrogen-bond donors (Lipinski definition) is 0. The van der Waals surface area contributed by atoms with E-state index in [9.17, 15) is 0 Å². The Hall–Kier alpha value is 1.15. The van der Waals surface area contributed by atoms with E-state index in [1.165, 1.54) is 0 Å². The van der Waals surface area contributed by atoms with Gasteiger partial charge in [0.2, 0.25) is 0 Å². The van der Waals surface area contributed by atoms with Crippen LogP contribution in [0.5, 0.6) is 0 Å². The molecule has 5 saturated heterocycles. The van der Waals surface area contributed by atoms with E-state index in [1.54, 1.807) is 5.49 Å². The van der Waals surface area contributed by atoms with Crippen LogP contribution in [0.4, 0.5) is 0 Å². The van der Waals surface area contributed by atoms with Gasteiger partial charge in [0, 0.05) is 0 Å². The van der Waals surface area contributed by atoms with Crippen LogP contribution < -0.4 is 0 Å². The molecule has 0 bridgehead atoms. The van der Waals surface area contributed by atoms with Gasteiger partial charge in [-0.25, -0.2) is 0 Å². The minimum atomic E-state index is 0.824. The maximum atomic E-state index is 1.73. The van der Waals surface area contributed by atoms with Gasteiger partial charge in [0.15, 0.2) is 0 Å². The molecule has 5 fully saturated rings. The Morgan fingerprint density at radius 3 is 1.67 bits per heavy atom. The number of rotatable bonds is 0. The van der Waals surface area contributed by atoms with Crippen molar-refractivity contribution in [3.63, 3.8) is 0 Å². The van der Waals surface area contributed by atoms with Crippen molar-refractivity contribution in [2.45, 2.75) is 0 Å². The van der Waals surface area contributed by atoms with Gasteiger partial charge in [-0.3, -0.25) is 0 Å². The SMILES string of the molecule is B12[Si]3[Si]1[Si]1[Si]2[Si]31. The normalized spacial score (nSPS) is 51.0. The minimum Gasteiger partial charge on any atom is -0.0264 e. The molecule has 23 valence electrons. The topological polar surface area (TPSA) is 0 Å². The quantitative estimate of drug-likeness (QED) is 0.342. The molecular formula is BSi5. The van der Waals surface area contributed by atoms with Crippen molar-refractivity contribution >= 4 is 43.3 Å². The van der Waals surface area contributed by atoms with Crippen LogP contribution in [-0.2, 0) is 0 Å². The summed E-state index contributed by atoms with van der Waals surface area (Å²) in [5.41, 5.74) is 1.73. The first-order chi connectivity index (χ1) is 3.00.